The van der Waals surface area contributed by atoms with E-state index >= 15 is 0 Å². The van der Waals surface area contributed by atoms with Gasteiger partial charge in [0.25, 0.3) is 0 Å². The topological polar surface area (TPSA) is 29.9 Å². The number of nitrogens with one attached hydrogen (secondary N) is 1. The molecule has 1 atom stereocenters. The maximum atomic E-state index is 4.40. The van der Waals surface area contributed by atoms with Crippen molar-refractivity contribution in [2.45, 2.75) is 25.3 Å². The Kier molecular flexibility index (Phi) is 2.40. The predicted octanol–water partition coefficient (Wildman–Crippen LogP) is 1.87. The number of hydrogen-bond donors (Lipinski definition) is 1. The molecule has 3 nitrogen and oxygen atoms in total. The molecule has 0 aliphatic carbocycles. The lowest BCUT2D eigenvalue weighted by atomic mass is 10.0. The van der Waals surface area contributed by atoms with Gasteiger partial charge < -0.3 is 9.88 Å². The molecule has 1 aliphatic rings. The van der Waals surface area contributed by atoms with Crippen molar-refractivity contribution in [1.29, 1.82) is 0 Å². The first-order valence-electron chi connectivity index (χ1n) is 5.96. The molecule has 0 bridgehead atoms. The van der Waals surface area contributed by atoms with E-state index < -0.39 is 0 Å². The van der Waals surface area contributed by atoms with Gasteiger partial charge in [-0.25, -0.2) is 4.98 Å². The fourth-order valence-electron chi connectivity index (χ4n) is 2.52. The summed E-state index contributed by atoms with van der Waals surface area (Å²) in [6, 6.07) is 7.28. The van der Waals surface area contributed by atoms with Crippen molar-refractivity contribution in [3.63, 3.8) is 0 Å². The molecule has 1 N–H and O–H groups in total. The Balaban J connectivity index is 1.87. The van der Waals surface area contributed by atoms with Crippen molar-refractivity contribution < 1.29 is 0 Å². The van der Waals surface area contributed by atoms with E-state index in [0.29, 0.717) is 6.04 Å². The van der Waals surface area contributed by atoms with Gasteiger partial charge in [-0.1, -0.05) is 6.07 Å². The summed E-state index contributed by atoms with van der Waals surface area (Å²) in [5.41, 5.74) is 3.71. The van der Waals surface area contributed by atoms with E-state index in [1.165, 1.54) is 30.5 Å². The molecule has 3 heteroatoms. The highest BCUT2D eigenvalue weighted by molar-refractivity contribution is 5.75. The van der Waals surface area contributed by atoms with Crippen LogP contribution in [0.3, 0.4) is 0 Å². The van der Waals surface area contributed by atoms with Crippen molar-refractivity contribution in [1.82, 2.24) is 14.9 Å². The van der Waals surface area contributed by atoms with Crippen LogP contribution >= 0.6 is 0 Å². The molecule has 0 radical (unpaired) electrons. The highest BCUT2D eigenvalue weighted by atomic mass is 15.0. The Bertz CT molecular complexity index is 495. The summed E-state index contributed by atoms with van der Waals surface area (Å²) in [6.45, 7) is 1.18. The minimum absolute atomic E-state index is 0.668. The number of hydrogen-bond acceptors (Lipinski definition) is 2. The minimum Gasteiger partial charge on any atom is -0.334 e. The second-order valence-corrected chi connectivity index (χ2v) is 4.68. The van der Waals surface area contributed by atoms with Crippen molar-refractivity contribution in [2.75, 3.05) is 6.54 Å². The molecule has 1 aromatic carbocycles. The first-order valence-corrected chi connectivity index (χ1v) is 5.96. The Hall–Kier alpha value is -1.35. The van der Waals surface area contributed by atoms with Crippen molar-refractivity contribution >= 4 is 11.0 Å². The van der Waals surface area contributed by atoms with Crippen LogP contribution in [0.1, 0.15) is 18.4 Å². The van der Waals surface area contributed by atoms with Gasteiger partial charge >= 0.3 is 0 Å². The summed E-state index contributed by atoms with van der Waals surface area (Å²) in [4.78, 5) is 4.40. The van der Waals surface area contributed by atoms with Gasteiger partial charge in [0, 0.05) is 13.1 Å². The number of fused-ring (bicyclic) bond motifs is 1. The molecule has 16 heavy (non-hydrogen) atoms. The lowest BCUT2D eigenvalue weighted by Gasteiger charge is -2.09. The van der Waals surface area contributed by atoms with Gasteiger partial charge in [0.05, 0.1) is 17.4 Å². The van der Waals surface area contributed by atoms with Crippen LogP contribution in [0.25, 0.3) is 11.0 Å². The van der Waals surface area contributed by atoms with Crippen LogP contribution in [0.4, 0.5) is 0 Å². The van der Waals surface area contributed by atoms with Gasteiger partial charge in [-0.2, -0.15) is 0 Å². The molecule has 2 aromatic rings. The van der Waals surface area contributed by atoms with Crippen molar-refractivity contribution in [3.8, 4) is 0 Å². The SMILES string of the molecule is Cn1cnc2cc(CC3CCCN3)ccc21. The van der Waals surface area contributed by atoms with Crippen molar-refractivity contribution in [3.05, 3.63) is 30.1 Å². The van der Waals surface area contributed by atoms with Crippen LogP contribution in [0, 0.1) is 0 Å². The molecule has 1 unspecified atom stereocenters. The van der Waals surface area contributed by atoms with E-state index in [-0.39, 0.29) is 0 Å². The molecule has 0 saturated carbocycles. The average Bonchev–Trinajstić information content (AvgIpc) is 2.90. The lowest BCUT2D eigenvalue weighted by Crippen LogP contribution is -2.23. The van der Waals surface area contributed by atoms with E-state index in [4.69, 9.17) is 0 Å². The molecule has 2 heterocycles. The molecule has 0 amide bonds. The average molecular weight is 215 g/mol. The van der Waals surface area contributed by atoms with Gasteiger partial charge in [0.15, 0.2) is 0 Å². The van der Waals surface area contributed by atoms with Gasteiger partial charge in [-0.3, -0.25) is 0 Å². The van der Waals surface area contributed by atoms with Gasteiger partial charge in [0.2, 0.25) is 0 Å². The molecule has 84 valence electrons. The highest BCUT2D eigenvalue weighted by Crippen LogP contribution is 2.17. The summed E-state index contributed by atoms with van der Waals surface area (Å²) in [5, 5.41) is 3.53. The van der Waals surface area contributed by atoms with Crippen LogP contribution in [0.5, 0.6) is 0 Å². The molecule has 1 fully saturated rings. The molecule has 3 rings (SSSR count). The zero-order chi connectivity index (χ0) is 11.0. The Morgan fingerprint density at radius 3 is 3.25 bits per heavy atom. The lowest BCUT2D eigenvalue weighted by molar-refractivity contribution is 0.603. The Morgan fingerprint density at radius 2 is 2.44 bits per heavy atom. The highest BCUT2D eigenvalue weighted by Gasteiger charge is 2.14. The normalized spacial score (nSPS) is 20.7. The van der Waals surface area contributed by atoms with E-state index in [1.807, 2.05) is 13.4 Å². The zero-order valence-corrected chi connectivity index (χ0v) is 9.61. The van der Waals surface area contributed by atoms with Crippen LogP contribution in [0.2, 0.25) is 0 Å². The van der Waals surface area contributed by atoms with E-state index in [2.05, 4.69) is 33.1 Å². The van der Waals surface area contributed by atoms with E-state index in [9.17, 15) is 0 Å². The number of imidazole rings is 1. The minimum atomic E-state index is 0.668. The van der Waals surface area contributed by atoms with Crippen LogP contribution in [-0.2, 0) is 13.5 Å². The van der Waals surface area contributed by atoms with Gasteiger partial charge in [-0.15, -0.1) is 0 Å². The third kappa shape index (κ3) is 1.71. The zero-order valence-electron chi connectivity index (χ0n) is 9.61. The van der Waals surface area contributed by atoms with Gasteiger partial charge in [-0.05, 0) is 43.5 Å². The summed E-state index contributed by atoms with van der Waals surface area (Å²) in [5.74, 6) is 0. The number of benzene rings is 1. The van der Waals surface area contributed by atoms with Crippen LogP contribution in [-0.4, -0.2) is 22.1 Å². The second-order valence-electron chi connectivity index (χ2n) is 4.68. The monoisotopic (exact) mass is 215 g/mol. The largest absolute Gasteiger partial charge is 0.334 e. The summed E-state index contributed by atoms with van der Waals surface area (Å²) in [6.07, 6.45) is 5.63. The van der Waals surface area contributed by atoms with Crippen molar-refractivity contribution in [2.24, 2.45) is 7.05 Å². The second kappa shape index (κ2) is 3.91. The van der Waals surface area contributed by atoms with Crippen LogP contribution < -0.4 is 5.32 Å². The third-order valence-electron chi connectivity index (χ3n) is 3.43. The van der Waals surface area contributed by atoms with E-state index in [0.717, 1.165) is 11.9 Å². The Morgan fingerprint density at radius 1 is 1.50 bits per heavy atom. The first-order chi connectivity index (χ1) is 7.83. The summed E-state index contributed by atoms with van der Waals surface area (Å²) < 4.78 is 2.06. The summed E-state index contributed by atoms with van der Waals surface area (Å²) in [7, 11) is 2.04. The van der Waals surface area contributed by atoms with Crippen LogP contribution in [0.15, 0.2) is 24.5 Å². The molecule has 1 aromatic heterocycles. The predicted molar refractivity (Wildman–Crippen MR) is 65.4 cm³/mol. The number of rotatable bonds is 2. The number of nitrogens with zero attached hydrogens (tertiary/aromatic N) is 2. The molecular formula is C13H17N3. The maximum absolute atomic E-state index is 4.40. The quantitative estimate of drug-likeness (QED) is 0.828. The first kappa shape index (κ1) is 9.85. The fraction of sp³-hybridized carbons (Fsp3) is 0.462. The number of aryl methyl sites for hydroxylation is 1. The van der Waals surface area contributed by atoms with E-state index in [1.54, 1.807) is 0 Å². The fourth-order valence-corrected chi connectivity index (χ4v) is 2.52. The third-order valence-corrected chi connectivity index (χ3v) is 3.43. The molecule has 0 spiro atoms. The Labute approximate surface area is 95.5 Å². The smallest absolute Gasteiger partial charge is 0.0955 e. The van der Waals surface area contributed by atoms with Gasteiger partial charge in [0.1, 0.15) is 0 Å². The molecule has 1 aliphatic heterocycles. The maximum Gasteiger partial charge on any atom is 0.0955 e. The standard InChI is InChI=1S/C13H17N3/c1-16-9-15-12-8-10(4-5-13(12)16)7-11-3-2-6-14-11/h4-5,8-9,11,14H,2-3,6-7H2,1H3. The molecular weight excluding hydrogens is 198 g/mol. The molecule has 1 saturated heterocycles. The number of aromatic nitrogens is 2. The summed E-state index contributed by atoms with van der Waals surface area (Å²) >= 11 is 0.